The van der Waals surface area contributed by atoms with E-state index < -0.39 is 8.56 Å². The molecule has 0 aliphatic carbocycles. The fraction of sp³-hybridized carbons (Fsp3) is 1.00. The molecule has 2 nitrogen and oxygen atoms in total. The van der Waals surface area contributed by atoms with Gasteiger partial charge in [0.05, 0.1) is 0 Å². The molecule has 0 aliphatic heterocycles. The minimum Gasteiger partial charge on any atom is -0.395 e. The Morgan fingerprint density at radius 2 is 0.963 bits per heavy atom. The number of hydrogen-bond donors (Lipinski definition) is 0. The van der Waals surface area contributed by atoms with Crippen molar-refractivity contribution in [1.82, 2.24) is 0 Å². The Kier molecular flexibility index (Phi) is 19.6. The first kappa shape index (κ1) is 27.1. The maximum Gasteiger partial charge on any atom is 0.331 e. The fourth-order valence-electron chi connectivity index (χ4n) is 3.90. The quantitative estimate of drug-likeness (QED) is 0.141. The lowest BCUT2D eigenvalue weighted by molar-refractivity contribution is 0.128. The van der Waals surface area contributed by atoms with E-state index in [1.165, 1.54) is 109 Å². The van der Waals surface area contributed by atoms with Crippen molar-refractivity contribution < 1.29 is 8.85 Å². The third-order valence-electron chi connectivity index (χ3n) is 5.44. The molecule has 0 rings (SSSR count). The predicted octanol–water partition coefficient (Wildman–Crippen LogP) is 8.78. The highest BCUT2D eigenvalue weighted by atomic mass is 28.4. The van der Waals surface area contributed by atoms with Crippen molar-refractivity contribution in [3.63, 3.8) is 0 Å². The summed E-state index contributed by atoms with van der Waals surface area (Å²) >= 11 is 0. The van der Waals surface area contributed by atoms with E-state index in [1.807, 2.05) is 0 Å². The molecule has 0 bridgehead atoms. The Hall–Kier alpha value is 0.137. The molecule has 0 amide bonds. The highest BCUT2D eigenvalue weighted by Gasteiger charge is 2.26. The third kappa shape index (κ3) is 20.7. The van der Waals surface area contributed by atoms with E-state index in [1.54, 1.807) is 0 Å². The van der Waals surface area contributed by atoms with Crippen molar-refractivity contribution in [3.8, 4) is 0 Å². The number of unbranched alkanes of at least 4 members (excludes halogenated alkanes) is 15. The van der Waals surface area contributed by atoms with Crippen LogP contribution < -0.4 is 0 Å². The van der Waals surface area contributed by atoms with Gasteiger partial charge in [-0.15, -0.1) is 0 Å². The topological polar surface area (TPSA) is 18.5 Å². The Morgan fingerprint density at radius 1 is 0.593 bits per heavy atom. The maximum atomic E-state index is 6.12. The zero-order valence-corrected chi connectivity index (χ0v) is 20.6. The van der Waals surface area contributed by atoms with Crippen LogP contribution in [-0.4, -0.2) is 21.3 Å². The summed E-state index contributed by atoms with van der Waals surface area (Å²) in [4.78, 5) is 0. The van der Waals surface area contributed by atoms with Gasteiger partial charge in [0.15, 0.2) is 0 Å². The van der Waals surface area contributed by atoms with Gasteiger partial charge in [-0.25, -0.2) is 0 Å². The van der Waals surface area contributed by atoms with Crippen molar-refractivity contribution in [2.75, 3.05) is 6.61 Å². The van der Waals surface area contributed by atoms with E-state index >= 15 is 0 Å². The van der Waals surface area contributed by atoms with E-state index in [4.69, 9.17) is 8.85 Å². The summed E-state index contributed by atoms with van der Waals surface area (Å²) in [6.45, 7) is 11.6. The van der Waals surface area contributed by atoms with Gasteiger partial charge >= 0.3 is 8.56 Å². The molecular weight excluding hydrogens is 348 g/mol. The second-order valence-electron chi connectivity index (χ2n) is 8.85. The summed E-state index contributed by atoms with van der Waals surface area (Å²) in [5.41, 5.74) is 0. The number of hydrogen-bond acceptors (Lipinski definition) is 2. The van der Waals surface area contributed by atoms with Gasteiger partial charge in [0, 0.05) is 12.7 Å². The summed E-state index contributed by atoms with van der Waals surface area (Å²) < 4.78 is 11.9. The molecule has 1 unspecified atom stereocenters. The fourth-order valence-corrected chi connectivity index (χ4v) is 5.76. The predicted molar refractivity (Wildman–Crippen MR) is 124 cm³/mol. The van der Waals surface area contributed by atoms with E-state index in [2.05, 4.69) is 33.9 Å². The largest absolute Gasteiger partial charge is 0.395 e. The summed E-state index contributed by atoms with van der Waals surface area (Å²) in [5.74, 6) is 0. The molecule has 0 saturated heterocycles. The molecule has 0 fully saturated rings. The molecule has 0 heterocycles. The average Bonchev–Trinajstić information content (AvgIpc) is 2.60. The molecule has 0 aromatic heterocycles. The van der Waals surface area contributed by atoms with Crippen LogP contribution in [0.25, 0.3) is 0 Å². The van der Waals surface area contributed by atoms with Gasteiger partial charge in [0.2, 0.25) is 0 Å². The zero-order chi connectivity index (χ0) is 20.2. The molecule has 0 saturated carbocycles. The lowest BCUT2D eigenvalue weighted by atomic mass is 10.0. The summed E-state index contributed by atoms with van der Waals surface area (Å²) in [6.07, 6.45) is 24.4. The standard InChI is InChI=1S/C24H52O2Si/c1-6-8-9-10-11-12-13-14-15-16-17-18-19-20-21-22-23-24(3)26-27(4,5)25-7-2/h24H,6-23H2,1-5H3. The molecule has 0 N–H and O–H groups in total. The molecule has 0 aliphatic rings. The molecule has 0 aromatic carbocycles. The van der Waals surface area contributed by atoms with Crippen molar-refractivity contribution >= 4 is 8.56 Å². The Balaban J connectivity index is 3.23. The molecular formula is C24H52O2Si. The first-order valence-electron chi connectivity index (χ1n) is 12.3. The lowest BCUT2D eigenvalue weighted by Crippen LogP contribution is -2.38. The van der Waals surface area contributed by atoms with Gasteiger partial charge in [0.1, 0.15) is 0 Å². The van der Waals surface area contributed by atoms with Crippen LogP contribution in [0.1, 0.15) is 130 Å². The van der Waals surface area contributed by atoms with Crippen LogP contribution >= 0.6 is 0 Å². The van der Waals surface area contributed by atoms with E-state index in [-0.39, 0.29) is 0 Å². The van der Waals surface area contributed by atoms with Crippen LogP contribution in [0.3, 0.4) is 0 Å². The average molecular weight is 401 g/mol. The maximum absolute atomic E-state index is 6.12. The monoisotopic (exact) mass is 400 g/mol. The van der Waals surface area contributed by atoms with Crippen molar-refractivity contribution in [3.05, 3.63) is 0 Å². The smallest absolute Gasteiger partial charge is 0.331 e. The van der Waals surface area contributed by atoms with Gasteiger partial charge in [0.25, 0.3) is 0 Å². The van der Waals surface area contributed by atoms with Crippen LogP contribution in [0.4, 0.5) is 0 Å². The second kappa shape index (κ2) is 19.5. The molecule has 0 aromatic rings. The number of rotatable bonds is 21. The van der Waals surface area contributed by atoms with Gasteiger partial charge in [-0.2, -0.15) is 0 Å². The summed E-state index contributed by atoms with van der Waals surface area (Å²) in [7, 11) is -1.88. The molecule has 1 atom stereocenters. The van der Waals surface area contributed by atoms with Crippen LogP contribution in [0, 0.1) is 0 Å². The highest BCUT2D eigenvalue weighted by Crippen LogP contribution is 2.16. The lowest BCUT2D eigenvalue weighted by Gasteiger charge is -2.26. The Morgan fingerprint density at radius 3 is 1.33 bits per heavy atom. The highest BCUT2D eigenvalue weighted by molar-refractivity contribution is 6.64. The van der Waals surface area contributed by atoms with Crippen molar-refractivity contribution in [2.45, 2.75) is 149 Å². The minimum atomic E-state index is -1.88. The minimum absolute atomic E-state index is 0.352. The van der Waals surface area contributed by atoms with Crippen LogP contribution in [-0.2, 0) is 8.85 Å². The van der Waals surface area contributed by atoms with Crippen molar-refractivity contribution in [1.29, 1.82) is 0 Å². The first-order chi connectivity index (χ1) is 13.0. The molecule has 164 valence electrons. The Labute approximate surface area is 173 Å². The molecule has 3 heteroatoms. The van der Waals surface area contributed by atoms with E-state index in [0.29, 0.717) is 6.10 Å². The molecule has 27 heavy (non-hydrogen) atoms. The van der Waals surface area contributed by atoms with Crippen LogP contribution in [0.2, 0.25) is 13.1 Å². The normalized spacial score (nSPS) is 13.2. The molecule has 0 radical (unpaired) electrons. The summed E-state index contributed by atoms with van der Waals surface area (Å²) in [5, 5.41) is 0. The van der Waals surface area contributed by atoms with Gasteiger partial charge in [-0.1, -0.05) is 110 Å². The SMILES string of the molecule is CCCCCCCCCCCCCCCCCCC(C)O[Si](C)(C)OCC. The third-order valence-corrected chi connectivity index (χ3v) is 7.40. The van der Waals surface area contributed by atoms with Gasteiger partial charge in [-0.05, 0) is 33.4 Å². The van der Waals surface area contributed by atoms with Crippen LogP contribution in [0.15, 0.2) is 0 Å². The summed E-state index contributed by atoms with van der Waals surface area (Å²) in [6, 6.07) is 0. The van der Waals surface area contributed by atoms with Gasteiger partial charge in [-0.3, -0.25) is 0 Å². The second-order valence-corrected chi connectivity index (χ2v) is 12.2. The molecule has 0 spiro atoms. The van der Waals surface area contributed by atoms with E-state index in [0.717, 1.165) is 6.61 Å². The van der Waals surface area contributed by atoms with Crippen molar-refractivity contribution in [2.24, 2.45) is 0 Å². The van der Waals surface area contributed by atoms with Crippen LogP contribution in [0.5, 0.6) is 0 Å². The van der Waals surface area contributed by atoms with Gasteiger partial charge < -0.3 is 8.85 Å². The Bertz CT molecular complexity index is 294. The zero-order valence-electron chi connectivity index (χ0n) is 19.6. The van der Waals surface area contributed by atoms with E-state index in [9.17, 15) is 0 Å². The first-order valence-corrected chi connectivity index (χ1v) is 15.1.